The predicted octanol–water partition coefficient (Wildman–Crippen LogP) is 5.56. The molecule has 5 nitrogen and oxygen atoms in total. The van der Waals surface area contributed by atoms with E-state index in [0.29, 0.717) is 6.42 Å². The van der Waals surface area contributed by atoms with Crippen LogP contribution < -0.4 is 20.1 Å². The second kappa shape index (κ2) is 7.45. The Bertz CT molecular complexity index is 1230. The minimum atomic E-state index is -0.315. The second-order valence-corrected chi connectivity index (χ2v) is 8.69. The van der Waals surface area contributed by atoms with E-state index in [0.717, 1.165) is 34.1 Å². The van der Waals surface area contributed by atoms with Crippen LogP contribution >= 0.6 is 0 Å². The number of allylic oxidation sites excluding steroid dienone is 1. The average Bonchev–Trinajstić information content (AvgIpc) is 3.20. The third kappa shape index (κ3) is 3.21. The van der Waals surface area contributed by atoms with E-state index in [2.05, 4.69) is 47.9 Å². The smallest absolute Gasteiger partial charge is 0.231 e. The van der Waals surface area contributed by atoms with E-state index in [1.165, 1.54) is 11.1 Å². The van der Waals surface area contributed by atoms with Crippen molar-refractivity contribution in [3.8, 4) is 11.5 Å². The molecule has 0 radical (unpaired) electrons. The molecule has 0 bridgehead atoms. The lowest BCUT2D eigenvalue weighted by molar-refractivity contribution is -0.122. The summed E-state index contributed by atoms with van der Waals surface area (Å²) < 4.78 is 11.1. The number of carbonyl (C=O) groups excluding carboxylic acids is 1. The molecule has 0 amide bonds. The lowest BCUT2D eigenvalue weighted by Gasteiger charge is -2.32. The van der Waals surface area contributed by atoms with Crippen LogP contribution in [0.4, 0.5) is 11.4 Å². The summed E-state index contributed by atoms with van der Waals surface area (Å²) in [5.74, 6) is 1.43. The number of ether oxygens (including phenoxy) is 2. The average molecular weight is 425 g/mol. The van der Waals surface area contributed by atoms with E-state index in [4.69, 9.17) is 9.47 Å². The van der Waals surface area contributed by atoms with Crippen LogP contribution in [0, 0.1) is 12.8 Å². The van der Waals surface area contributed by atoms with E-state index < -0.39 is 0 Å². The molecule has 0 aromatic heterocycles. The molecule has 3 aromatic carbocycles. The highest BCUT2D eigenvalue weighted by atomic mass is 16.7. The monoisotopic (exact) mass is 424 g/mol. The van der Waals surface area contributed by atoms with Crippen LogP contribution in [0.1, 0.15) is 35.1 Å². The van der Waals surface area contributed by atoms with Gasteiger partial charge in [-0.05, 0) is 42.3 Å². The quantitative estimate of drug-likeness (QED) is 0.564. The third-order valence-corrected chi connectivity index (χ3v) is 6.60. The van der Waals surface area contributed by atoms with E-state index >= 15 is 0 Å². The van der Waals surface area contributed by atoms with Gasteiger partial charge in [-0.15, -0.1) is 0 Å². The summed E-state index contributed by atoms with van der Waals surface area (Å²) >= 11 is 0. The number of nitrogens with one attached hydrogen (secondary N) is 2. The Labute approximate surface area is 187 Å². The Morgan fingerprint density at radius 3 is 2.47 bits per heavy atom. The predicted molar refractivity (Wildman–Crippen MR) is 124 cm³/mol. The van der Waals surface area contributed by atoms with Gasteiger partial charge < -0.3 is 20.1 Å². The van der Waals surface area contributed by atoms with Crippen LogP contribution in [0.2, 0.25) is 0 Å². The van der Waals surface area contributed by atoms with Crippen LogP contribution in [-0.2, 0) is 4.79 Å². The number of rotatable bonds is 2. The van der Waals surface area contributed by atoms with Crippen LogP contribution in [0.3, 0.4) is 0 Å². The van der Waals surface area contributed by atoms with Crippen molar-refractivity contribution < 1.29 is 14.3 Å². The van der Waals surface area contributed by atoms with Crippen molar-refractivity contribution in [1.82, 2.24) is 0 Å². The summed E-state index contributed by atoms with van der Waals surface area (Å²) in [5, 5.41) is 7.21. The molecule has 2 N–H and O–H groups in total. The number of fused-ring (bicyclic) bond motifs is 3. The van der Waals surface area contributed by atoms with Gasteiger partial charge in [-0.2, -0.15) is 0 Å². The number of para-hydroxylation sites is 2. The zero-order valence-corrected chi connectivity index (χ0v) is 17.8. The summed E-state index contributed by atoms with van der Waals surface area (Å²) in [6, 6.07) is 22.3. The maximum absolute atomic E-state index is 13.6. The summed E-state index contributed by atoms with van der Waals surface area (Å²) in [5.41, 5.74) is 6.30. The fraction of sp³-hybridized carbons (Fsp3) is 0.222. The molecule has 2 aliphatic heterocycles. The van der Waals surface area contributed by atoms with Gasteiger partial charge in [0.2, 0.25) is 6.79 Å². The normalized spacial score (nSPS) is 23.2. The summed E-state index contributed by atoms with van der Waals surface area (Å²) in [6.45, 7) is 2.31. The molecule has 3 aliphatic rings. The molecule has 0 fully saturated rings. The van der Waals surface area contributed by atoms with Gasteiger partial charge in [-0.1, -0.05) is 54.1 Å². The van der Waals surface area contributed by atoms with E-state index in [-0.39, 0.29) is 30.5 Å². The molecule has 2 heterocycles. The minimum Gasteiger partial charge on any atom is -0.454 e. The van der Waals surface area contributed by atoms with Crippen LogP contribution in [0.25, 0.3) is 0 Å². The molecule has 3 atom stereocenters. The summed E-state index contributed by atoms with van der Waals surface area (Å²) in [4.78, 5) is 13.6. The molecular weight excluding hydrogens is 400 g/mol. The van der Waals surface area contributed by atoms with Gasteiger partial charge >= 0.3 is 0 Å². The first-order chi connectivity index (χ1) is 15.7. The maximum atomic E-state index is 13.6. The lowest BCUT2D eigenvalue weighted by atomic mass is 9.76. The van der Waals surface area contributed by atoms with E-state index in [1.54, 1.807) is 0 Å². The standard InChI is InChI=1S/C27H24N2O3/c1-16-6-8-17(9-7-16)19-12-22-26(23(30)13-19)27(29-21-5-3-2-4-20(21)28-22)18-10-11-24-25(14-18)32-15-31-24/h2-12,14,19,26-29H,13,15H2,1H3. The largest absolute Gasteiger partial charge is 0.454 e. The molecule has 1 aliphatic carbocycles. The molecule has 32 heavy (non-hydrogen) atoms. The van der Waals surface area contributed by atoms with Gasteiger partial charge in [0.25, 0.3) is 0 Å². The topological polar surface area (TPSA) is 59.6 Å². The van der Waals surface area contributed by atoms with Gasteiger partial charge in [0.05, 0.1) is 23.3 Å². The molecular formula is C27H24N2O3. The minimum absolute atomic E-state index is 0.0597. The van der Waals surface area contributed by atoms with Crippen LogP contribution in [0.15, 0.2) is 78.5 Å². The van der Waals surface area contributed by atoms with Gasteiger partial charge in [-0.25, -0.2) is 0 Å². The Kier molecular flexibility index (Phi) is 4.42. The SMILES string of the molecule is Cc1ccc(C2C=C3Nc4ccccc4NC(c4ccc5c(c4)OCO5)C3C(=O)C2)cc1. The Balaban J connectivity index is 1.45. The van der Waals surface area contributed by atoms with Gasteiger partial charge in [0.1, 0.15) is 5.78 Å². The number of anilines is 2. The summed E-state index contributed by atoms with van der Waals surface area (Å²) in [6.07, 6.45) is 2.72. The van der Waals surface area contributed by atoms with Crippen LogP contribution in [-0.4, -0.2) is 12.6 Å². The van der Waals surface area contributed by atoms with Crippen molar-refractivity contribution >= 4 is 17.2 Å². The van der Waals surface area contributed by atoms with Gasteiger partial charge in [-0.3, -0.25) is 4.79 Å². The Morgan fingerprint density at radius 1 is 0.875 bits per heavy atom. The highest BCUT2D eigenvalue weighted by molar-refractivity contribution is 5.90. The Hall–Kier alpha value is -3.73. The van der Waals surface area contributed by atoms with Gasteiger partial charge in [0.15, 0.2) is 11.5 Å². The van der Waals surface area contributed by atoms with Gasteiger partial charge in [0, 0.05) is 18.0 Å². The first-order valence-electron chi connectivity index (χ1n) is 11.0. The first-order valence-corrected chi connectivity index (χ1v) is 11.0. The van der Waals surface area contributed by atoms with Crippen molar-refractivity contribution in [2.75, 3.05) is 17.4 Å². The molecule has 160 valence electrons. The van der Waals surface area contributed by atoms with E-state index in [1.807, 2.05) is 42.5 Å². The molecule has 0 saturated heterocycles. The number of hydrogen-bond donors (Lipinski definition) is 2. The maximum Gasteiger partial charge on any atom is 0.231 e. The number of hydrogen-bond acceptors (Lipinski definition) is 5. The highest BCUT2D eigenvalue weighted by Crippen LogP contribution is 2.46. The molecule has 3 unspecified atom stereocenters. The van der Waals surface area contributed by atoms with Crippen LogP contribution in [0.5, 0.6) is 11.5 Å². The lowest BCUT2D eigenvalue weighted by Crippen LogP contribution is -2.33. The number of Topliss-reactive ketones (excluding diaryl/α,β-unsaturated/α-hetero) is 1. The number of ketones is 1. The molecule has 0 spiro atoms. The molecule has 6 rings (SSSR count). The molecule has 0 saturated carbocycles. The zero-order valence-electron chi connectivity index (χ0n) is 17.8. The van der Waals surface area contributed by atoms with E-state index in [9.17, 15) is 4.79 Å². The number of carbonyl (C=O) groups is 1. The van der Waals surface area contributed by atoms with Crippen molar-refractivity contribution in [3.63, 3.8) is 0 Å². The van der Waals surface area contributed by atoms with Crippen molar-refractivity contribution in [3.05, 3.63) is 95.2 Å². The van der Waals surface area contributed by atoms with Crippen molar-refractivity contribution in [1.29, 1.82) is 0 Å². The zero-order chi connectivity index (χ0) is 21.7. The first kappa shape index (κ1) is 19.0. The van der Waals surface area contributed by atoms with Crippen molar-refractivity contribution in [2.45, 2.75) is 25.3 Å². The number of benzene rings is 3. The number of aryl methyl sites for hydroxylation is 1. The van der Waals surface area contributed by atoms with Crippen molar-refractivity contribution in [2.24, 2.45) is 5.92 Å². The Morgan fingerprint density at radius 2 is 1.62 bits per heavy atom. The third-order valence-electron chi connectivity index (χ3n) is 6.60. The fourth-order valence-corrected chi connectivity index (χ4v) is 4.92. The summed E-state index contributed by atoms with van der Waals surface area (Å²) in [7, 11) is 0. The highest BCUT2D eigenvalue weighted by Gasteiger charge is 2.40. The second-order valence-electron chi connectivity index (χ2n) is 8.69. The molecule has 3 aromatic rings. The fourth-order valence-electron chi connectivity index (χ4n) is 4.92. The molecule has 5 heteroatoms.